The van der Waals surface area contributed by atoms with E-state index in [1.165, 1.54) is 6.42 Å². The lowest BCUT2D eigenvalue weighted by Gasteiger charge is -2.52. The number of hydrogen-bond donors (Lipinski definition) is 2. The van der Waals surface area contributed by atoms with Gasteiger partial charge in [-0.1, -0.05) is 20.8 Å². The van der Waals surface area contributed by atoms with Crippen LogP contribution in [-0.2, 0) is 0 Å². The summed E-state index contributed by atoms with van der Waals surface area (Å²) in [6.07, 6.45) is 3.98. The van der Waals surface area contributed by atoms with Crippen LogP contribution in [-0.4, -0.2) is 22.9 Å². The third-order valence-corrected chi connectivity index (χ3v) is 6.58. The highest BCUT2D eigenvalue weighted by Gasteiger charge is 2.69. The van der Waals surface area contributed by atoms with Crippen LogP contribution >= 0.6 is 0 Å². The summed E-state index contributed by atoms with van der Waals surface area (Å²) in [4.78, 5) is 0. The van der Waals surface area contributed by atoms with Gasteiger partial charge in [0.25, 0.3) is 0 Å². The van der Waals surface area contributed by atoms with Gasteiger partial charge in [0.15, 0.2) is 0 Å². The summed E-state index contributed by atoms with van der Waals surface area (Å²) in [6, 6.07) is 0. The van der Waals surface area contributed by atoms with Gasteiger partial charge in [0.2, 0.25) is 0 Å². The van der Waals surface area contributed by atoms with E-state index in [9.17, 15) is 10.2 Å². The highest BCUT2D eigenvalue weighted by atomic mass is 16.3. The van der Waals surface area contributed by atoms with Crippen LogP contribution in [0.2, 0.25) is 0 Å². The molecule has 0 saturated heterocycles. The van der Waals surface area contributed by atoms with Crippen molar-refractivity contribution in [2.24, 2.45) is 34.5 Å². The lowest BCUT2D eigenvalue weighted by molar-refractivity contribution is -0.132. The number of fused-ring (bicyclic) bond motifs is 3. The molecule has 3 aliphatic carbocycles. The molecule has 3 aliphatic rings. The number of hydrogen-bond acceptors (Lipinski definition) is 2. The van der Waals surface area contributed by atoms with Gasteiger partial charge in [0.1, 0.15) is 0 Å². The maximum Gasteiger partial charge on any atom is 0.0621 e. The molecule has 0 aromatic carbocycles. The van der Waals surface area contributed by atoms with Crippen LogP contribution < -0.4 is 0 Å². The zero-order chi connectivity index (χ0) is 12.4. The molecular weight excluding hydrogens is 212 g/mol. The Labute approximate surface area is 104 Å². The molecule has 17 heavy (non-hydrogen) atoms. The number of rotatable bonds is 1. The molecule has 3 rings (SSSR count). The average molecular weight is 238 g/mol. The van der Waals surface area contributed by atoms with E-state index >= 15 is 0 Å². The third kappa shape index (κ3) is 1.34. The molecular formula is C15H26O2. The average Bonchev–Trinajstić information content (AvgIpc) is 2.86. The molecule has 0 aliphatic heterocycles. The predicted molar refractivity (Wildman–Crippen MR) is 67.4 cm³/mol. The summed E-state index contributed by atoms with van der Waals surface area (Å²) in [5.41, 5.74) is 0.277. The largest absolute Gasteiger partial charge is 0.396 e. The lowest BCUT2D eigenvalue weighted by atomic mass is 9.54. The Kier molecular flexibility index (Phi) is 2.45. The minimum atomic E-state index is -0.272. The minimum absolute atomic E-state index is 0.174. The van der Waals surface area contributed by atoms with Gasteiger partial charge in [0.05, 0.1) is 12.7 Å². The van der Waals surface area contributed by atoms with Crippen molar-refractivity contribution < 1.29 is 10.2 Å². The van der Waals surface area contributed by atoms with Crippen molar-refractivity contribution in [1.82, 2.24) is 0 Å². The molecule has 0 amide bonds. The van der Waals surface area contributed by atoms with Crippen molar-refractivity contribution in [2.75, 3.05) is 6.61 Å². The zero-order valence-electron chi connectivity index (χ0n) is 11.3. The summed E-state index contributed by atoms with van der Waals surface area (Å²) in [6.45, 7) is 7.27. The van der Waals surface area contributed by atoms with Gasteiger partial charge in [-0.15, -0.1) is 0 Å². The van der Waals surface area contributed by atoms with Crippen LogP contribution in [0.25, 0.3) is 0 Å². The van der Waals surface area contributed by atoms with Crippen LogP contribution in [0.15, 0.2) is 0 Å². The highest BCUT2D eigenvalue weighted by molar-refractivity contribution is 5.17. The van der Waals surface area contributed by atoms with E-state index in [4.69, 9.17) is 0 Å². The van der Waals surface area contributed by atoms with E-state index in [0.29, 0.717) is 17.3 Å². The summed E-state index contributed by atoms with van der Waals surface area (Å²) >= 11 is 0. The monoisotopic (exact) mass is 238 g/mol. The van der Waals surface area contributed by atoms with Crippen molar-refractivity contribution in [3.63, 3.8) is 0 Å². The fourth-order valence-corrected chi connectivity index (χ4v) is 5.49. The van der Waals surface area contributed by atoms with Gasteiger partial charge in [-0.25, -0.2) is 0 Å². The summed E-state index contributed by atoms with van der Waals surface area (Å²) < 4.78 is 0. The molecule has 0 aromatic rings. The van der Waals surface area contributed by atoms with Crippen molar-refractivity contribution in [3.05, 3.63) is 0 Å². The second-order valence-corrected chi connectivity index (χ2v) is 7.48. The first kappa shape index (κ1) is 12.0. The van der Waals surface area contributed by atoms with Crippen LogP contribution in [0.4, 0.5) is 0 Å². The Hall–Kier alpha value is -0.0800. The SMILES string of the molecule is C[C@@H]1CC[C@H](O)[C@]2(CO)CC[C@@H]3[C@@H]([C@@H]12)C3(C)C. The Balaban J connectivity index is 1.97. The van der Waals surface area contributed by atoms with Crippen LogP contribution in [0, 0.1) is 34.5 Å². The van der Waals surface area contributed by atoms with Gasteiger partial charge in [-0.2, -0.15) is 0 Å². The Morgan fingerprint density at radius 3 is 2.47 bits per heavy atom. The van der Waals surface area contributed by atoms with Gasteiger partial charge in [-0.05, 0) is 54.8 Å². The molecule has 0 bridgehead atoms. The summed E-state index contributed by atoms with van der Waals surface area (Å²) in [5.74, 6) is 2.80. The number of aliphatic hydroxyl groups excluding tert-OH is 2. The molecule has 0 unspecified atom stereocenters. The predicted octanol–water partition coefficient (Wildman–Crippen LogP) is 2.44. The molecule has 6 atom stereocenters. The molecule has 3 fully saturated rings. The molecule has 2 heteroatoms. The van der Waals surface area contributed by atoms with E-state index in [1.807, 2.05) is 0 Å². The molecule has 0 spiro atoms. The van der Waals surface area contributed by atoms with E-state index < -0.39 is 0 Å². The maximum absolute atomic E-state index is 10.4. The van der Waals surface area contributed by atoms with Crippen molar-refractivity contribution in [3.8, 4) is 0 Å². The summed E-state index contributed by atoms with van der Waals surface area (Å²) in [7, 11) is 0. The smallest absolute Gasteiger partial charge is 0.0621 e. The minimum Gasteiger partial charge on any atom is -0.396 e. The first-order chi connectivity index (χ1) is 7.95. The lowest BCUT2D eigenvalue weighted by Crippen LogP contribution is -2.53. The molecule has 0 aromatic heterocycles. The van der Waals surface area contributed by atoms with Gasteiger partial charge >= 0.3 is 0 Å². The topological polar surface area (TPSA) is 40.5 Å². The van der Waals surface area contributed by atoms with Crippen LogP contribution in [0.3, 0.4) is 0 Å². The molecule has 0 radical (unpaired) electrons. The highest BCUT2D eigenvalue weighted by Crippen LogP contribution is 2.73. The summed E-state index contributed by atoms with van der Waals surface area (Å²) in [5, 5.41) is 20.3. The van der Waals surface area contributed by atoms with Gasteiger partial charge in [0, 0.05) is 5.41 Å². The van der Waals surface area contributed by atoms with Crippen molar-refractivity contribution in [2.45, 2.75) is 52.6 Å². The molecule has 3 saturated carbocycles. The normalized spacial score (nSPS) is 55.9. The van der Waals surface area contributed by atoms with E-state index in [1.54, 1.807) is 0 Å². The van der Waals surface area contributed by atoms with E-state index in [0.717, 1.165) is 31.1 Å². The molecule has 98 valence electrons. The Morgan fingerprint density at radius 2 is 1.82 bits per heavy atom. The first-order valence-corrected chi connectivity index (χ1v) is 7.24. The standard InChI is InChI=1S/C15H26O2/c1-9-4-5-11(17)15(8-16)7-6-10-13(12(9)15)14(10,2)3/h9-13,16-17H,4-8H2,1-3H3/t9-,10-,11+,12-,13+,15-/m1/s1. The second-order valence-electron chi connectivity index (χ2n) is 7.48. The Bertz CT molecular complexity index is 325. The van der Waals surface area contributed by atoms with Crippen molar-refractivity contribution >= 4 is 0 Å². The maximum atomic E-state index is 10.4. The molecule has 0 heterocycles. The zero-order valence-corrected chi connectivity index (χ0v) is 11.3. The quantitative estimate of drug-likeness (QED) is 0.736. The number of aliphatic hydroxyl groups is 2. The van der Waals surface area contributed by atoms with Crippen LogP contribution in [0.1, 0.15) is 46.5 Å². The molecule has 2 nitrogen and oxygen atoms in total. The first-order valence-electron chi connectivity index (χ1n) is 7.24. The van der Waals surface area contributed by atoms with Crippen molar-refractivity contribution in [1.29, 1.82) is 0 Å². The fraction of sp³-hybridized carbons (Fsp3) is 1.00. The van der Waals surface area contributed by atoms with Crippen LogP contribution in [0.5, 0.6) is 0 Å². The Morgan fingerprint density at radius 1 is 1.12 bits per heavy atom. The second kappa shape index (κ2) is 3.48. The third-order valence-electron chi connectivity index (χ3n) is 6.58. The van der Waals surface area contributed by atoms with E-state index in [2.05, 4.69) is 20.8 Å². The van der Waals surface area contributed by atoms with Gasteiger partial charge < -0.3 is 10.2 Å². The fourth-order valence-electron chi connectivity index (χ4n) is 5.49. The molecule has 2 N–H and O–H groups in total. The van der Waals surface area contributed by atoms with E-state index in [-0.39, 0.29) is 18.1 Å². The van der Waals surface area contributed by atoms with Gasteiger partial charge in [-0.3, -0.25) is 0 Å².